The monoisotopic (exact) mass is 235 g/mol. The second-order valence-electron chi connectivity index (χ2n) is 4.16. The lowest BCUT2D eigenvalue weighted by atomic mass is 10.2. The average Bonchev–Trinajstić information content (AvgIpc) is 2.80. The molecular formula is C12H11F2N3. The Morgan fingerprint density at radius 1 is 1.24 bits per heavy atom. The summed E-state index contributed by atoms with van der Waals surface area (Å²) < 4.78 is 28.7. The predicted octanol–water partition coefficient (Wildman–Crippen LogP) is 2.49. The van der Waals surface area contributed by atoms with E-state index in [1.54, 1.807) is 0 Å². The lowest BCUT2D eigenvalue weighted by molar-refractivity contribution is -0.00122. The van der Waals surface area contributed by atoms with Gasteiger partial charge in [-0.3, -0.25) is 0 Å². The summed E-state index contributed by atoms with van der Waals surface area (Å²) in [7, 11) is 0. The molecule has 0 bridgehead atoms. The van der Waals surface area contributed by atoms with Crippen LogP contribution in [0.5, 0.6) is 0 Å². The number of alkyl halides is 2. The fourth-order valence-electron chi connectivity index (χ4n) is 2.28. The van der Waals surface area contributed by atoms with Crippen molar-refractivity contribution >= 4 is 5.82 Å². The van der Waals surface area contributed by atoms with Gasteiger partial charge in [-0.1, -0.05) is 18.2 Å². The molecule has 0 amide bonds. The number of hydrogen-bond donors (Lipinski definition) is 1. The molecule has 0 unspecified atom stereocenters. The van der Waals surface area contributed by atoms with Crippen LogP contribution in [0.25, 0.3) is 5.69 Å². The van der Waals surface area contributed by atoms with Crippen molar-refractivity contribution in [2.45, 2.75) is 18.8 Å². The van der Waals surface area contributed by atoms with E-state index in [-0.39, 0.29) is 17.8 Å². The molecule has 1 aromatic carbocycles. The Morgan fingerprint density at radius 2 is 1.94 bits per heavy atom. The maximum Gasteiger partial charge on any atom is 0.279 e. The number of nitrogen functional groups attached to an aromatic ring is 1. The van der Waals surface area contributed by atoms with E-state index in [0.29, 0.717) is 12.1 Å². The van der Waals surface area contributed by atoms with E-state index in [1.165, 1.54) is 4.68 Å². The summed E-state index contributed by atoms with van der Waals surface area (Å²) in [4.78, 5) is 0. The highest BCUT2D eigenvalue weighted by atomic mass is 19.3. The summed E-state index contributed by atoms with van der Waals surface area (Å²) in [6.45, 7) is 0. The first-order chi connectivity index (χ1) is 8.09. The molecule has 0 spiro atoms. The molecule has 3 rings (SSSR count). The minimum Gasteiger partial charge on any atom is -0.382 e. The zero-order valence-electron chi connectivity index (χ0n) is 9.03. The van der Waals surface area contributed by atoms with Crippen LogP contribution in [0, 0.1) is 0 Å². The van der Waals surface area contributed by atoms with Crippen molar-refractivity contribution in [3.63, 3.8) is 0 Å². The maximum absolute atomic E-state index is 13.6. The molecule has 0 saturated carbocycles. The average molecular weight is 235 g/mol. The third-order valence-corrected chi connectivity index (χ3v) is 3.05. The molecule has 2 aromatic rings. The second-order valence-corrected chi connectivity index (χ2v) is 4.16. The molecule has 1 aliphatic rings. The van der Waals surface area contributed by atoms with E-state index in [2.05, 4.69) is 5.10 Å². The number of hydrogen-bond acceptors (Lipinski definition) is 2. The van der Waals surface area contributed by atoms with Crippen molar-refractivity contribution in [1.82, 2.24) is 9.78 Å². The van der Waals surface area contributed by atoms with Crippen LogP contribution in [0.3, 0.4) is 0 Å². The Bertz CT molecular complexity index is 561. The Kier molecular flexibility index (Phi) is 1.98. The number of benzene rings is 1. The van der Waals surface area contributed by atoms with Crippen molar-refractivity contribution in [2.24, 2.45) is 0 Å². The normalized spacial score (nSPS) is 17.1. The highest BCUT2D eigenvalue weighted by Gasteiger charge is 2.44. The molecular weight excluding hydrogens is 224 g/mol. The first-order valence-electron chi connectivity index (χ1n) is 5.41. The lowest BCUT2D eigenvalue weighted by Crippen LogP contribution is -2.09. The van der Waals surface area contributed by atoms with Gasteiger partial charge < -0.3 is 5.73 Å². The Morgan fingerprint density at radius 3 is 2.65 bits per heavy atom. The number of para-hydroxylation sites is 1. The van der Waals surface area contributed by atoms with E-state index in [9.17, 15) is 8.78 Å². The summed E-state index contributed by atoms with van der Waals surface area (Å²) >= 11 is 0. The molecule has 0 saturated heterocycles. The molecule has 0 aliphatic heterocycles. The number of nitrogens with zero attached hydrogens (tertiary/aromatic N) is 2. The number of rotatable bonds is 1. The molecule has 1 aromatic heterocycles. The zero-order chi connectivity index (χ0) is 12.0. The quantitative estimate of drug-likeness (QED) is 0.825. The van der Waals surface area contributed by atoms with Gasteiger partial charge in [0.05, 0.1) is 16.9 Å². The van der Waals surface area contributed by atoms with Crippen LogP contribution in [0.2, 0.25) is 0 Å². The molecule has 17 heavy (non-hydrogen) atoms. The number of aromatic nitrogens is 2. The highest BCUT2D eigenvalue weighted by Crippen LogP contribution is 2.45. The number of anilines is 1. The maximum atomic E-state index is 13.6. The number of nitrogens with two attached hydrogens (primary N) is 1. The molecule has 1 heterocycles. The van der Waals surface area contributed by atoms with Gasteiger partial charge in [-0.2, -0.15) is 0 Å². The van der Waals surface area contributed by atoms with E-state index >= 15 is 0 Å². The van der Waals surface area contributed by atoms with Gasteiger partial charge in [0.1, 0.15) is 0 Å². The first-order valence-corrected chi connectivity index (χ1v) is 5.41. The minimum absolute atomic E-state index is 0.0636. The molecule has 0 fully saturated rings. The summed E-state index contributed by atoms with van der Waals surface area (Å²) in [5.74, 6) is -2.90. The Hall–Kier alpha value is -1.91. The van der Waals surface area contributed by atoms with Crippen LogP contribution in [0.15, 0.2) is 30.3 Å². The van der Waals surface area contributed by atoms with Gasteiger partial charge in [-0.05, 0) is 18.6 Å². The topological polar surface area (TPSA) is 43.8 Å². The second kappa shape index (κ2) is 3.29. The predicted molar refractivity (Wildman–Crippen MR) is 60.2 cm³/mol. The summed E-state index contributed by atoms with van der Waals surface area (Å²) in [6, 6.07) is 9.19. The number of fused-ring (bicyclic) bond motifs is 1. The van der Waals surface area contributed by atoms with Gasteiger partial charge in [0, 0.05) is 6.42 Å². The Labute approximate surface area is 96.9 Å². The third kappa shape index (κ3) is 1.42. The molecule has 0 atom stereocenters. The van der Waals surface area contributed by atoms with Crippen molar-refractivity contribution in [3.8, 4) is 5.69 Å². The van der Waals surface area contributed by atoms with E-state index in [0.717, 1.165) is 5.69 Å². The first kappa shape index (κ1) is 10.3. The van der Waals surface area contributed by atoms with E-state index in [1.807, 2.05) is 30.3 Å². The summed E-state index contributed by atoms with van der Waals surface area (Å²) in [5.41, 5.74) is 6.79. The van der Waals surface area contributed by atoms with Crippen LogP contribution in [0.1, 0.15) is 17.7 Å². The molecule has 88 valence electrons. The zero-order valence-corrected chi connectivity index (χ0v) is 9.03. The van der Waals surface area contributed by atoms with Gasteiger partial charge in [0.15, 0.2) is 5.82 Å². The van der Waals surface area contributed by atoms with E-state index in [4.69, 9.17) is 5.73 Å². The van der Waals surface area contributed by atoms with Crippen LogP contribution >= 0.6 is 0 Å². The van der Waals surface area contributed by atoms with E-state index < -0.39 is 5.92 Å². The molecule has 2 N–H and O–H groups in total. The fourth-order valence-corrected chi connectivity index (χ4v) is 2.28. The van der Waals surface area contributed by atoms with Crippen LogP contribution < -0.4 is 5.73 Å². The minimum atomic E-state index is -2.84. The van der Waals surface area contributed by atoms with Crippen molar-refractivity contribution in [1.29, 1.82) is 0 Å². The smallest absolute Gasteiger partial charge is 0.279 e. The van der Waals surface area contributed by atoms with Gasteiger partial charge in [-0.25, -0.2) is 13.5 Å². The van der Waals surface area contributed by atoms with Crippen molar-refractivity contribution < 1.29 is 8.78 Å². The molecule has 1 aliphatic carbocycles. The van der Waals surface area contributed by atoms with Crippen LogP contribution in [-0.2, 0) is 12.3 Å². The lowest BCUT2D eigenvalue weighted by Gasteiger charge is -2.07. The highest BCUT2D eigenvalue weighted by molar-refractivity contribution is 5.51. The molecule has 3 nitrogen and oxygen atoms in total. The molecule has 0 radical (unpaired) electrons. The fraction of sp³-hybridized carbons (Fsp3) is 0.250. The Balaban J connectivity index is 2.20. The van der Waals surface area contributed by atoms with Crippen molar-refractivity contribution in [3.05, 3.63) is 41.6 Å². The van der Waals surface area contributed by atoms with Gasteiger partial charge in [0.2, 0.25) is 0 Å². The summed E-state index contributed by atoms with van der Waals surface area (Å²) in [6.07, 6.45) is 0.124. The largest absolute Gasteiger partial charge is 0.382 e. The van der Waals surface area contributed by atoms with Gasteiger partial charge in [0.25, 0.3) is 5.92 Å². The van der Waals surface area contributed by atoms with Crippen LogP contribution in [-0.4, -0.2) is 9.78 Å². The standard InChI is InChI=1S/C12H11F2N3/c13-12(14)7-6-9-10(12)11(15)16-17(9)8-4-2-1-3-5-8/h1-5H,6-7H2,(H2,15,16). The van der Waals surface area contributed by atoms with Crippen molar-refractivity contribution in [2.75, 3.05) is 5.73 Å². The van der Waals surface area contributed by atoms with Gasteiger partial charge >= 0.3 is 0 Å². The van der Waals surface area contributed by atoms with Crippen LogP contribution in [0.4, 0.5) is 14.6 Å². The molecule has 5 heteroatoms. The number of halogens is 2. The third-order valence-electron chi connectivity index (χ3n) is 3.05. The SMILES string of the molecule is Nc1nn(-c2ccccc2)c2c1C(F)(F)CC2. The summed E-state index contributed by atoms with van der Waals surface area (Å²) in [5, 5.41) is 4.01. The van der Waals surface area contributed by atoms with Gasteiger partial charge in [-0.15, -0.1) is 5.10 Å².